The van der Waals surface area contributed by atoms with Gasteiger partial charge < -0.3 is 10.1 Å². The summed E-state index contributed by atoms with van der Waals surface area (Å²) >= 11 is 6.23. The lowest BCUT2D eigenvalue weighted by atomic mass is 10.1. The van der Waals surface area contributed by atoms with Crippen LogP contribution in [-0.4, -0.2) is 13.2 Å². The monoisotopic (exact) mass is 267 g/mol. The summed E-state index contributed by atoms with van der Waals surface area (Å²) in [5.41, 5.74) is 1.07. The van der Waals surface area contributed by atoms with E-state index in [0.29, 0.717) is 6.04 Å². The van der Waals surface area contributed by atoms with Crippen LogP contribution in [0, 0.1) is 5.92 Å². The zero-order valence-corrected chi connectivity index (χ0v) is 12.0. The fourth-order valence-corrected chi connectivity index (χ4v) is 3.01. The van der Waals surface area contributed by atoms with Crippen LogP contribution in [0.1, 0.15) is 38.2 Å². The Kier molecular flexibility index (Phi) is 4.90. The molecule has 0 spiro atoms. The smallest absolute Gasteiger partial charge is 0.124 e. The van der Waals surface area contributed by atoms with Crippen LogP contribution in [0.15, 0.2) is 18.2 Å². The van der Waals surface area contributed by atoms with E-state index in [9.17, 15) is 0 Å². The van der Waals surface area contributed by atoms with Crippen molar-refractivity contribution in [3.63, 3.8) is 0 Å². The van der Waals surface area contributed by atoms with Crippen molar-refractivity contribution in [3.8, 4) is 5.75 Å². The molecule has 1 aliphatic rings. The van der Waals surface area contributed by atoms with Gasteiger partial charge >= 0.3 is 0 Å². The second kappa shape index (κ2) is 6.44. The fourth-order valence-electron chi connectivity index (χ4n) is 2.78. The van der Waals surface area contributed by atoms with Crippen molar-refractivity contribution < 1.29 is 4.74 Å². The average molecular weight is 268 g/mol. The van der Waals surface area contributed by atoms with Crippen LogP contribution in [0.25, 0.3) is 0 Å². The van der Waals surface area contributed by atoms with Crippen LogP contribution in [0.2, 0.25) is 5.02 Å². The Morgan fingerprint density at radius 1 is 1.39 bits per heavy atom. The van der Waals surface area contributed by atoms with E-state index in [4.69, 9.17) is 16.3 Å². The standard InChI is InChI=1S/C15H22ClNO/c1-3-11-7-8-12(9-11)17-10-13-14(16)5-4-6-15(13)18-2/h4-6,11-12,17H,3,7-10H2,1-2H3. The summed E-state index contributed by atoms with van der Waals surface area (Å²) in [5.74, 6) is 1.77. The summed E-state index contributed by atoms with van der Waals surface area (Å²) in [7, 11) is 1.69. The predicted octanol–water partition coefficient (Wildman–Crippen LogP) is 4.02. The molecule has 2 atom stereocenters. The quantitative estimate of drug-likeness (QED) is 0.870. The fraction of sp³-hybridized carbons (Fsp3) is 0.600. The van der Waals surface area contributed by atoms with Crippen molar-refractivity contribution in [3.05, 3.63) is 28.8 Å². The summed E-state index contributed by atoms with van der Waals surface area (Å²) in [6, 6.07) is 6.44. The third kappa shape index (κ3) is 3.18. The maximum Gasteiger partial charge on any atom is 0.124 e. The molecule has 0 aromatic heterocycles. The first-order chi connectivity index (χ1) is 8.74. The number of methoxy groups -OCH3 is 1. The van der Waals surface area contributed by atoms with E-state index >= 15 is 0 Å². The van der Waals surface area contributed by atoms with Gasteiger partial charge in [-0.1, -0.05) is 31.0 Å². The Labute approximate surface area is 115 Å². The first kappa shape index (κ1) is 13.7. The van der Waals surface area contributed by atoms with Gasteiger partial charge in [-0.05, 0) is 37.3 Å². The van der Waals surface area contributed by atoms with Crippen LogP contribution in [0.4, 0.5) is 0 Å². The zero-order valence-electron chi connectivity index (χ0n) is 11.2. The van der Waals surface area contributed by atoms with E-state index in [1.165, 1.54) is 25.7 Å². The lowest BCUT2D eigenvalue weighted by Crippen LogP contribution is -2.26. The molecule has 2 rings (SSSR count). The van der Waals surface area contributed by atoms with Gasteiger partial charge in [0, 0.05) is 23.2 Å². The highest BCUT2D eigenvalue weighted by molar-refractivity contribution is 6.31. The lowest BCUT2D eigenvalue weighted by molar-refractivity contribution is 0.404. The minimum Gasteiger partial charge on any atom is -0.496 e. The van der Waals surface area contributed by atoms with Crippen LogP contribution >= 0.6 is 11.6 Å². The van der Waals surface area contributed by atoms with E-state index in [1.807, 2.05) is 18.2 Å². The topological polar surface area (TPSA) is 21.3 Å². The number of hydrogen-bond donors (Lipinski definition) is 1. The van der Waals surface area contributed by atoms with E-state index in [1.54, 1.807) is 7.11 Å². The Morgan fingerprint density at radius 3 is 2.89 bits per heavy atom. The molecule has 1 N–H and O–H groups in total. The first-order valence-electron chi connectivity index (χ1n) is 6.79. The van der Waals surface area contributed by atoms with Gasteiger partial charge in [-0.15, -0.1) is 0 Å². The van der Waals surface area contributed by atoms with Crippen molar-refractivity contribution >= 4 is 11.6 Å². The number of halogens is 1. The molecule has 0 saturated heterocycles. The second-order valence-corrected chi connectivity index (χ2v) is 5.49. The predicted molar refractivity (Wildman–Crippen MR) is 76.3 cm³/mol. The van der Waals surface area contributed by atoms with Gasteiger partial charge in [-0.3, -0.25) is 0 Å². The number of rotatable bonds is 5. The molecule has 100 valence electrons. The molecule has 0 radical (unpaired) electrons. The second-order valence-electron chi connectivity index (χ2n) is 5.09. The molecule has 1 aromatic rings. The highest BCUT2D eigenvalue weighted by Gasteiger charge is 2.23. The number of benzene rings is 1. The van der Waals surface area contributed by atoms with Gasteiger partial charge in [0.1, 0.15) is 5.75 Å². The van der Waals surface area contributed by atoms with E-state index in [0.717, 1.165) is 28.8 Å². The van der Waals surface area contributed by atoms with E-state index in [2.05, 4.69) is 12.2 Å². The molecule has 1 fully saturated rings. The summed E-state index contributed by atoms with van der Waals surface area (Å²) in [6.07, 6.45) is 5.23. The van der Waals surface area contributed by atoms with Gasteiger partial charge in [-0.25, -0.2) is 0 Å². The van der Waals surface area contributed by atoms with Crippen molar-refractivity contribution in [1.82, 2.24) is 5.32 Å². The molecular weight excluding hydrogens is 246 g/mol. The molecular formula is C15H22ClNO. The Bertz CT molecular complexity index is 394. The zero-order chi connectivity index (χ0) is 13.0. The molecule has 3 heteroatoms. The molecule has 0 bridgehead atoms. The lowest BCUT2D eigenvalue weighted by Gasteiger charge is -2.15. The molecule has 1 saturated carbocycles. The summed E-state index contributed by atoms with van der Waals surface area (Å²) in [4.78, 5) is 0. The van der Waals surface area contributed by atoms with Gasteiger partial charge in [0.25, 0.3) is 0 Å². The largest absolute Gasteiger partial charge is 0.496 e. The molecule has 1 aliphatic carbocycles. The first-order valence-corrected chi connectivity index (χ1v) is 7.17. The average Bonchev–Trinajstić information content (AvgIpc) is 2.85. The van der Waals surface area contributed by atoms with E-state index in [-0.39, 0.29) is 0 Å². The van der Waals surface area contributed by atoms with Crippen molar-refractivity contribution in [2.75, 3.05) is 7.11 Å². The van der Waals surface area contributed by atoms with Crippen molar-refractivity contribution in [2.45, 2.75) is 45.2 Å². The summed E-state index contributed by atoms with van der Waals surface area (Å²) in [6.45, 7) is 3.08. The normalized spacial score (nSPS) is 23.3. The van der Waals surface area contributed by atoms with Crippen LogP contribution in [-0.2, 0) is 6.54 Å². The molecule has 18 heavy (non-hydrogen) atoms. The Hall–Kier alpha value is -0.730. The molecule has 0 aliphatic heterocycles. The van der Waals surface area contributed by atoms with Gasteiger partial charge in [0.15, 0.2) is 0 Å². The third-order valence-electron chi connectivity index (χ3n) is 3.98. The number of ether oxygens (including phenoxy) is 1. The summed E-state index contributed by atoms with van der Waals surface area (Å²) in [5, 5.41) is 4.40. The number of nitrogens with one attached hydrogen (secondary N) is 1. The molecule has 2 nitrogen and oxygen atoms in total. The highest BCUT2D eigenvalue weighted by atomic mass is 35.5. The Balaban J connectivity index is 1.94. The van der Waals surface area contributed by atoms with Crippen LogP contribution in [0.3, 0.4) is 0 Å². The van der Waals surface area contributed by atoms with Gasteiger partial charge in [0.2, 0.25) is 0 Å². The van der Waals surface area contributed by atoms with Crippen molar-refractivity contribution in [1.29, 1.82) is 0 Å². The van der Waals surface area contributed by atoms with Crippen LogP contribution in [0.5, 0.6) is 5.75 Å². The van der Waals surface area contributed by atoms with Gasteiger partial charge in [-0.2, -0.15) is 0 Å². The van der Waals surface area contributed by atoms with E-state index < -0.39 is 0 Å². The molecule has 1 aromatic carbocycles. The van der Waals surface area contributed by atoms with Crippen LogP contribution < -0.4 is 10.1 Å². The van der Waals surface area contributed by atoms with Gasteiger partial charge in [0.05, 0.1) is 7.11 Å². The molecule has 0 amide bonds. The Morgan fingerprint density at radius 2 is 2.22 bits per heavy atom. The maximum absolute atomic E-state index is 6.23. The minimum absolute atomic E-state index is 0.635. The number of hydrogen-bond acceptors (Lipinski definition) is 2. The SMILES string of the molecule is CCC1CCC(NCc2c(Cl)cccc2OC)C1. The molecule has 2 unspecified atom stereocenters. The molecule has 0 heterocycles. The van der Waals surface area contributed by atoms with Crippen molar-refractivity contribution in [2.24, 2.45) is 5.92 Å². The minimum atomic E-state index is 0.635. The summed E-state index contributed by atoms with van der Waals surface area (Å²) < 4.78 is 5.36. The third-order valence-corrected chi connectivity index (χ3v) is 4.34. The highest BCUT2D eigenvalue weighted by Crippen LogP contribution is 2.30. The maximum atomic E-state index is 6.23.